The van der Waals surface area contributed by atoms with Crippen LogP contribution in [-0.2, 0) is 4.79 Å². The molecule has 1 saturated heterocycles. The summed E-state index contributed by atoms with van der Waals surface area (Å²) < 4.78 is 0. The van der Waals surface area contributed by atoms with Gasteiger partial charge in [0.05, 0.1) is 5.92 Å². The molecule has 0 spiro atoms. The van der Waals surface area contributed by atoms with Crippen molar-refractivity contribution in [1.82, 2.24) is 10.2 Å². The van der Waals surface area contributed by atoms with Gasteiger partial charge in [0.2, 0.25) is 0 Å². The number of carbonyl (C=O) groups excluding carboxylic acids is 1. The Morgan fingerprint density at radius 3 is 2.65 bits per heavy atom. The van der Waals surface area contributed by atoms with Gasteiger partial charge in [-0.15, -0.1) is 0 Å². The van der Waals surface area contributed by atoms with Crippen LogP contribution in [0.2, 0.25) is 0 Å². The van der Waals surface area contributed by atoms with Crippen molar-refractivity contribution >= 4 is 12.0 Å². The summed E-state index contributed by atoms with van der Waals surface area (Å²) in [5.41, 5.74) is 0. The van der Waals surface area contributed by atoms with E-state index < -0.39 is 11.9 Å². The third kappa shape index (κ3) is 5.39. The van der Waals surface area contributed by atoms with E-state index >= 15 is 0 Å². The molecular formula is C15H28N2O3. The van der Waals surface area contributed by atoms with Crippen LogP contribution in [0.5, 0.6) is 0 Å². The van der Waals surface area contributed by atoms with Crippen LogP contribution in [0.4, 0.5) is 4.79 Å². The molecule has 0 aromatic carbocycles. The summed E-state index contributed by atoms with van der Waals surface area (Å²) >= 11 is 0. The summed E-state index contributed by atoms with van der Waals surface area (Å²) in [6, 6.07) is -0.107. The molecule has 20 heavy (non-hydrogen) atoms. The van der Waals surface area contributed by atoms with Gasteiger partial charge in [-0.1, -0.05) is 26.7 Å². The van der Waals surface area contributed by atoms with E-state index in [4.69, 9.17) is 5.11 Å². The summed E-state index contributed by atoms with van der Waals surface area (Å²) in [6.45, 7) is 5.96. The second kappa shape index (κ2) is 8.82. The Morgan fingerprint density at radius 2 is 2.05 bits per heavy atom. The zero-order valence-electron chi connectivity index (χ0n) is 12.7. The van der Waals surface area contributed by atoms with Crippen LogP contribution in [0.25, 0.3) is 0 Å². The summed E-state index contributed by atoms with van der Waals surface area (Å²) in [7, 11) is 0. The molecule has 1 fully saturated rings. The minimum absolute atomic E-state index is 0.107. The van der Waals surface area contributed by atoms with Crippen molar-refractivity contribution in [2.24, 2.45) is 11.8 Å². The Hall–Kier alpha value is -1.26. The van der Waals surface area contributed by atoms with Crippen molar-refractivity contribution in [3.63, 3.8) is 0 Å². The number of hydrogen-bond donors (Lipinski definition) is 2. The van der Waals surface area contributed by atoms with Crippen LogP contribution in [0, 0.1) is 11.8 Å². The molecule has 0 aliphatic carbocycles. The van der Waals surface area contributed by atoms with Crippen molar-refractivity contribution in [1.29, 1.82) is 0 Å². The van der Waals surface area contributed by atoms with E-state index in [2.05, 4.69) is 12.2 Å². The van der Waals surface area contributed by atoms with Crippen molar-refractivity contribution in [2.45, 2.75) is 52.4 Å². The number of likely N-dealkylation sites (tertiary alicyclic amines) is 1. The van der Waals surface area contributed by atoms with E-state index in [0.29, 0.717) is 6.42 Å². The third-order valence-electron chi connectivity index (χ3n) is 4.20. The summed E-state index contributed by atoms with van der Waals surface area (Å²) in [5.74, 6) is -0.576. The second-order valence-electron chi connectivity index (χ2n) is 5.70. The number of carboxylic acid groups (broad SMARTS) is 1. The molecule has 1 aliphatic heterocycles. The monoisotopic (exact) mass is 284 g/mol. The fourth-order valence-corrected chi connectivity index (χ4v) is 2.76. The first-order valence-electron chi connectivity index (χ1n) is 7.84. The van der Waals surface area contributed by atoms with Crippen LogP contribution < -0.4 is 5.32 Å². The van der Waals surface area contributed by atoms with Gasteiger partial charge in [0.1, 0.15) is 0 Å². The van der Waals surface area contributed by atoms with E-state index in [-0.39, 0.29) is 12.6 Å². The lowest BCUT2D eigenvalue weighted by atomic mass is 9.98. The minimum atomic E-state index is -0.825. The maximum Gasteiger partial charge on any atom is 0.317 e. The first-order chi connectivity index (χ1) is 9.58. The van der Waals surface area contributed by atoms with E-state index in [9.17, 15) is 9.59 Å². The lowest BCUT2D eigenvalue weighted by molar-refractivity contribution is -0.141. The lowest BCUT2D eigenvalue weighted by Crippen LogP contribution is -2.43. The zero-order chi connectivity index (χ0) is 15.0. The average molecular weight is 284 g/mol. The Labute approximate surface area is 121 Å². The Kier molecular flexibility index (Phi) is 7.41. The van der Waals surface area contributed by atoms with Gasteiger partial charge in [-0.25, -0.2) is 4.79 Å². The number of carbonyl (C=O) groups is 2. The molecule has 5 nitrogen and oxygen atoms in total. The molecule has 0 radical (unpaired) electrons. The molecule has 116 valence electrons. The maximum absolute atomic E-state index is 12.1. The van der Waals surface area contributed by atoms with Crippen LogP contribution in [0.15, 0.2) is 0 Å². The first kappa shape index (κ1) is 16.8. The Balaban J connectivity index is 2.39. The lowest BCUT2D eigenvalue weighted by Gasteiger charge is -2.22. The maximum atomic E-state index is 12.1. The summed E-state index contributed by atoms with van der Waals surface area (Å²) in [5, 5.41) is 11.9. The molecule has 1 aliphatic rings. The molecule has 0 saturated carbocycles. The predicted molar refractivity (Wildman–Crippen MR) is 78.6 cm³/mol. The fourth-order valence-electron chi connectivity index (χ4n) is 2.76. The van der Waals surface area contributed by atoms with E-state index in [0.717, 1.165) is 38.3 Å². The zero-order valence-corrected chi connectivity index (χ0v) is 12.7. The molecule has 1 heterocycles. The topological polar surface area (TPSA) is 69.6 Å². The molecule has 1 rings (SSSR count). The van der Waals surface area contributed by atoms with Gasteiger partial charge in [0, 0.05) is 19.6 Å². The molecule has 2 N–H and O–H groups in total. The number of hydrogen-bond acceptors (Lipinski definition) is 2. The quantitative estimate of drug-likeness (QED) is 0.788. The van der Waals surface area contributed by atoms with Crippen molar-refractivity contribution in [3.8, 4) is 0 Å². The Morgan fingerprint density at radius 1 is 1.30 bits per heavy atom. The number of urea groups is 1. The first-order valence-corrected chi connectivity index (χ1v) is 7.84. The fraction of sp³-hybridized carbons (Fsp3) is 0.867. The number of amides is 2. The normalized spacial score (nSPS) is 21.1. The average Bonchev–Trinajstić information content (AvgIpc) is 2.68. The standard InChI is InChI=1S/C15H28N2O3/c1-3-6-13(14(18)19)11-16-15(20)17-9-5-7-12(4-2)8-10-17/h12-13H,3-11H2,1-2H3,(H,16,20)(H,18,19). The molecule has 2 unspecified atom stereocenters. The van der Waals surface area contributed by atoms with Gasteiger partial charge < -0.3 is 15.3 Å². The Bertz CT molecular complexity index is 320. The van der Waals surface area contributed by atoms with Gasteiger partial charge >= 0.3 is 12.0 Å². The van der Waals surface area contributed by atoms with Crippen molar-refractivity contribution in [3.05, 3.63) is 0 Å². The summed E-state index contributed by atoms with van der Waals surface area (Å²) in [6.07, 6.45) is 5.88. The van der Waals surface area contributed by atoms with Crippen LogP contribution in [0.3, 0.4) is 0 Å². The number of rotatable bonds is 6. The molecule has 0 bridgehead atoms. The van der Waals surface area contributed by atoms with Crippen LogP contribution in [0.1, 0.15) is 52.4 Å². The largest absolute Gasteiger partial charge is 0.481 e. The third-order valence-corrected chi connectivity index (χ3v) is 4.20. The van der Waals surface area contributed by atoms with Gasteiger partial charge in [-0.3, -0.25) is 4.79 Å². The predicted octanol–water partition coefficient (Wildman–Crippen LogP) is 2.71. The van der Waals surface area contributed by atoms with Crippen molar-refractivity contribution in [2.75, 3.05) is 19.6 Å². The molecular weight excluding hydrogens is 256 g/mol. The second-order valence-corrected chi connectivity index (χ2v) is 5.70. The van der Waals surface area contributed by atoms with E-state index in [1.807, 2.05) is 11.8 Å². The summed E-state index contributed by atoms with van der Waals surface area (Å²) in [4.78, 5) is 25.0. The molecule has 0 aromatic heterocycles. The highest BCUT2D eigenvalue weighted by Crippen LogP contribution is 2.20. The highest BCUT2D eigenvalue weighted by atomic mass is 16.4. The van der Waals surface area contributed by atoms with Gasteiger partial charge in [-0.2, -0.15) is 0 Å². The molecule has 2 amide bonds. The highest BCUT2D eigenvalue weighted by Gasteiger charge is 2.22. The highest BCUT2D eigenvalue weighted by molar-refractivity contribution is 5.76. The SMILES string of the molecule is CCCC(CNC(=O)N1CCCC(CC)CC1)C(=O)O. The van der Waals surface area contributed by atoms with Crippen LogP contribution >= 0.6 is 0 Å². The van der Waals surface area contributed by atoms with E-state index in [1.54, 1.807) is 0 Å². The number of aliphatic carboxylic acids is 1. The molecule has 5 heteroatoms. The number of carboxylic acids is 1. The van der Waals surface area contributed by atoms with Gasteiger partial charge in [-0.05, 0) is 31.6 Å². The van der Waals surface area contributed by atoms with Gasteiger partial charge in [0.15, 0.2) is 0 Å². The number of nitrogens with zero attached hydrogens (tertiary/aromatic N) is 1. The van der Waals surface area contributed by atoms with Gasteiger partial charge in [0.25, 0.3) is 0 Å². The molecule has 2 atom stereocenters. The number of nitrogens with one attached hydrogen (secondary N) is 1. The van der Waals surface area contributed by atoms with Crippen LogP contribution in [-0.4, -0.2) is 41.6 Å². The smallest absolute Gasteiger partial charge is 0.317 e. The minimum Gasteiger partial charge on any atom is -0.481 e. The van der Waals surface area contributed by atoms with Crippen molar-refractivity contribution < 1.29 is 14.7 Å². The van der Waals surface area contributed by atoms with E-state index in [1.165, 1.54) is 12.8 Å². The molecule has 0 aromatic rings.